The van der Waals surface area contributed by atoms with E-state index in [1.54, 1.807) is 0 Å². The van der Waals surface area contributed by atoms with Gasteiger partial charge in [0.15, 0.2) is 23.8 Å². The Hall–Kier alpha value is -3.66. The van der Waals surface area contributed by atoms with Gasteiger partial charge in [-0.05, 0) is 6.07 Å². The van der Waals surface area contributed by atoms with Crippen LogP contribution in [0.25, 0.3) is 11.2 Å². The van der Waals surface area contributed by atoms with E-state index in [2.05, 4.69) is 31.0 Å². The van der Waals surface area contributed by atoms with Crippen molar-refractivity contribution in [3.8, 4) is 0 Å². The van der Waals surface area contributed by atoms with Crippen LogP contribution in [0.3, 0.4) is 0 Å². The number of imidazole rings is 1. The third kappa shape index (κ3) is 8.08. The number of anilines is 2. The summed E-state index contributed by atoms with van der Waals surface area (Å²) in [5.74, 6) is -0.827. The van der Waals surface area contributed by atoms with E-state index in [-0.39, 0.29) is 35.6 Å². The van der Waals surface area contributed by atoms with E-state index >= 15 is 0 Å². The molecule has 0 aromatic carbocycles. The highest BCUT2D eigenvalue weighted by atomic mass is 31.2. The standard InChI is InChI=1S/C23H30N8O14P2/c1-2-3-16(32)44-19-13(43-22(18(19)33)31-10-28-17-20(25)26-9-27-21(17)31)8-41-47(38,39)45-11-6-15(30-5-4-14(24)29-23(30)34)42-12(11)7-40-46(35,36)37/h2,4-5,9-13,15,18-19,22,33H,1,3,6-8H2,(H,38,39)(H2,24,29,34)(H2,25,26,27)(H2,35,36,37)/t11-,12-,13-,15+,18+,19+,22+/m0/s1. The molecular formula is C23H30N8O14P2. The lowest BCUT2D eigenvalue weighted by Crippen LogP contribution is -2.38. The molecule has 0 bridgehead atoms. The topological polar surface area (TPSA) is 318 Å². The van der Waals surface area contributed by atoms with E-state index in [1.807, 2.05) is 0 Å². The van der Waals surface area contributed by atoms with Gasteiger partial charge in [-0.3, -0.25) is 27.5 Å². The summed E-state index contributed by atoms with van der Waals surface area (Å²) in [5, 5.41) is 11.1. The monoisotopic (exact) mass is 704 g/mol. The van der Waals surface area contributed by atoms with Gasteiger partial charge >= 0.3 is 27.3 Å². The molecule has 2 saturated heterocycles. The molecule has 2 fully saturated rings. The number of aliphatic hydroxyl groups excluding tert-OH is 1. The second-order valence-corrected chi connectivity index (χ2v) is 12.8. The summed E-state index contributed by atoms with van der Waals surface area (Å²) in [6.45, 7) is 1.87. The lowest BCUT2D eigenvalue weighted by atomic mass is 10.1. The molecule has 8 atom stereocenters. The van der Waals surface area contributed by atoms with Crippen molar-refractivity contribution in [2.24, 2.45) is 0 Å². The van der Waals surface area contributed by atoms with Crippen LogP contribution in [0.2, 0.25) is 0 Å². The van der Waals surface area contributed by atoms with Crippen LogP contribution >= 0.6 is 15.6 Å². The molecule has 0 radical (unpaired) electrons. The summed E-state index contributed by atoms with van der Waals surface area (Å²) in [4.78, 5) is 69.3. The summed E-state index contributed by atoms with van der Waals surface area (Å²) in [7, 11) is -10.1. The number of rotatable bonds is 13. The Morgan fingerprint density at radius 3 is 2.55 bits per heavy atom. The highest BCUT2D eigenvalue weighted by molar-refractivity contribution is 7.47. The fraction of sp³-hybridized carbons (Fsp3) is 0.478. The number of phosphoric acid groups is 2. The number of nitrogen functional groups attached to an aromatic ring is 2. The average molecular weight is 704 g/mol. The average Bonchev–Trinajstić information content (AvgIpc) is 3.67. The Morgan fingerprint density at radius 1 is 1.11 bits per heavy atom. The van der Waals surface area contributed by atoms with Crippen LogP contribution in [0.4, 0.5) is 11.6 Å². The number of aromatic nitrogens is 6. The number of ether oxygens (including phenoxy) is 3. The molecule has 0 amide bonds. The first-order valence-corrected chi connectivity index (χ1v) is 16.6. The van der Waals surface area contributed by atoms with Crippen molar-refractivity contribution in [3.63, 3.8) is 0 Å². The highest BCUT2D eigenvalue weighted by Gasteiger charge is 2.49. The minimum Gasteiger partial charge on any atom is -0.456 e. The molecule has 0 spiro atoms. The zero-order chi connectivity index (χ0) is 34.1. The summed E-state index contributed by atoms with van der Waals surface area (Å²) in [5.41, 5.74) is 10.9. The van der Waals surface area contributed by atoms with Crippen LogP contribution in [-0.4, -0.2) is 98.6 Å². The van der Waals surface area contributed by atoms with Gasteiger partial charge in [0.05, 0.1) is 26.0 Å². The van der Waals surface area contributed by atoms with Gasteiger partial charge in [-0.15, -0.1) is 6.58 Å². The van der Waals surface area contributed by atoms with Crippen molar-refractivity contribution >= 4 is 44.4 Å². The highest BCUT2D eigenvalue weighted by Crippen LogP contribution is 2.50. The molecule has 3 aromatic rings. The Labute approximate surface area is 263 Å². The number of nitrogens with two attached hydrogens (primary N) is 2. The SMILES string of the molecule is C=CCC(=O)O[C@H]1[C@@H](O)[C@H](n2cnc3c(N)ncnc32)O[C@H]1COP(=O)(O)O[C@H]1C[C@H](n2ccc(N)nc2=O)O[C@H]1COP(=O)(O)O. The third-order valence-corrected chi connectivity index (χ3v) is 8.47. The van der Waals surface area contributed by atoms with Crippen LogP contribution in [0.1, 0.15) is 25.3 Å². The number of hydrogen-bond donors (Lipinski definition) is 6. The number of fused-ring (bicyclic) bond motifs is 1. The molecular weight excluding hydrogens is 674 g/mol. The van der Waals surface area contributed by atoms with Gasteiger partial charge in [-0.1, -0.05) is 6.08 Å². The molecule has 8 N–H and O–H groups in total. The van der Waals surface area contributed by atoms with Crippen molar-refractivity contribution in [1.82, 2.24) is 29.1 Å². The van der Waals surface area contributed by atoms with Crippen molar-refractivity contribution in [2.45, 2.75) is 55.8 Å². The maximum atomic E-state index is 13.1. The number of nitrogens with zero attached hydrogens (tertiary/aromatic N) is 6. The third-order valence-electron chi connectivity index (χ3n) is 6.97. The van der Waals surface area contributed by atoms with Crippen molar-refractivity contribution < 1.29 is 61.5 Å². The molecule has 5 rings (SSSR count). The number of carbonyl (C=O) groups excluding carboxylic acids is 1. The molecule has 2 aliphatic heterocycles. The van der Waals surface area contributed by atoms with Crippen LogP contribution in [0.15, 0.2) is 42.4 Å². The predicted octanol–water partition coefficient (Wildman–Crippen LogP) is -1.11. The lowest BCUT2D eigenvalue weighted by Gasteiger charge is -2.23. The van der Waals surface area contributed by atoms with E-state index < -0.39 is 83.5 Å². The van der Waals surface area contributed by atoms with Crippen molar-refractivity contribution in [2.75, 3.05) is 24.7 Å². The van der Waals surface area contributed by atoms with Crippen LogP contribution in [-0.2, 0) is 41.7 Å². The Balaban J connectivity index is 1.32. The van der Waals surface area contributed by atoms with Gasteiger partial charge in [0.1, 0.15) is 48.3 Å². The fourth-order valence-corrected chi connectivity index (χ4v) is 6.22. The quantitative estimate of drug-likeness (QED) is 0.0698. The molecule has 3 aromatic heterocycles. The Kier molecular flexibility index (Phi) is 10.2. The number of carbonyl (C=O) groups is 1. The molecule has 2 aliphatic rings. The van der Waals surface area contributed by atoms with E-state index in [4.69, 9.17) is 44.5 Å². The van der Waals surface area contributed by atoms with E-state index in [1.165, 1.54) is 29.2 Å². The number of esters is 1. The summed E-state index contributed by atoms with van der Waals surface area (Å²) < 4.78 is 58.6. The van der Waals surface area contributed by atoms with Gasteiger partial charge in [-0.25, -0.2) is 28.9 Å². The molecule has 0 saturated carbocycles. The van der Waals surface area contributed by atoms with Crippen LogP contribution < -0.4 is 17.2 Å². The maximum absolute atomic E-state index is 13.1. The number of phosphoric ester groups is 2. The minimum atomic E-state index is -5.08. The predicted molar refractivity (Wildman–Crippen MR) is 154 cm³/mol. The molecule has 5 heterocycles. The van der Waals surface area contributed by atoms with Crippen LogP contribution in [0, 0.1) is 0 Å². The number of hydrogen-bond acceptors (Lipinski definition) is 17. The zero-order valence-electron chi connectivity index (χ0n) is 24.1. The largest absolute Gasteiger partial charge is 0.472 e. The normalized spacial score (nSPS) is 27.5. The van der Waals surface area contributed by atoms with Gasteiger partial charge in [0.25, 0.3) is 0 Å². The first kappa shape index (κ1) is 34.7. The van der Waals surface area contributed by atoms with Gasteiger partial charge in [0.2, 0.25) is 0 Å². The Morgan fingerprint density at radius 2 is 1.85 bits per heavy atom. The molecule has 24 heteroatoms. The number of aliphatic hydroxyl groups is 1. The Bertz CT molecular complexity index is 1780. The van der Waals surface area contributed by atoms with Crippen molar-refractivity contribution in [3.05, 3.63) is 48.1 Å². The molecule has 1 unspecified atom stereocenters. The van der Waals surface area contributed by atoms with Crippen LogP contribution in [0.5, 0.6) is 0 Å². The summed E-state index contributed by atoms with van der Waals surface area (Å²) >= 11 is 0. The smallest absolute Gasteiger partial charge is 0.456 e. The first-order valence-electron chi connectivity index (χ1n) is 13.6. The second kappa shape index (κ2) is 13.8. The molecule has 0 aliphatic carbocycles. The van der Waals surface area contributed by atoms with E-state index in [9.17, 15) is 28.7 Å². The van der Waals surface area contributed by atoms with Gasteiger partial charge < -0.3 is 45.5 Å². The lowest BCUT2D eigenvalue weighted by molar-refractivity contribution is -0.155. The molecule has 22 nitrogen and oxygen atoms in total. The summed E-state index contributed by atoms with van der Waals surface area (Å²) in [6, 6.07) is 1.29. The van der Waals surface area contributed by atoms with Gasteiger partial charge in [-0.2, -0.15) is 4.98 Å². The first-order chi connectivity index (χ1) is 22.2. The van der Waals surface area contributed by atoms with E-state index in [0.29, 0.717) is 0 Å². The summed E-state index contributed by atoms with van der Waals surface area (Å²) in [6.07, 6.45) is -5.20. The van der Waals surface area contributed by atoms with E-state index in [0.717, 1.165) is 10.9 Å². The molecule has 47 heavy (non-hydrogen) atoms. The fourth-order valence-electron chi connectivity index (χ4n) is 4.92. The van der Waals surface area contributed by atoms with Crippen molar-refractivity contribution in [1.29, 1.82) is 0 Å². The molecule has 256 valence electrons. The zero-order valence-corrected chi connectivity index (χ0v) is 25.9. The maximum Gasteiger partial charge on any atom is 0.472 e. The second-order valence-electron chi connectivity index (χ2n) is 10.2. The van der Waals surface area contributed by atoms with Gasteiger partial charge in [0, 0.05) is 12.6 Å². The minimum absolute atomic E-state index is 0.0496.